The highest BCUT2D eigenvalue weighted by Crippen LogP contribution is 2.30. The van der Waals surface area contributed by atoms with E-state index in [0.717, 1.165) is 33.9 Å². The first-order valence-electron chi connectivity index (χ1n) is 7.91. The van der Waals surface area contributed by atoms with Gasteiger partial charge in [0.05, 0.1) is 24.7 Å². The number of imidazole rings is 1. The van der Waals surface area contributed by atoms with Crippen LogP contribution in [0.4, 0.5) is 0 Å². The number of ether oxygens (including phenoxy) is 1. The van der Waals surface area contributed by atoms with Crippen molar-refractivity contribution in [1.82, 2.24) is 19.9 Å². The average molecular weight is 328 g/mol. The number of benzene rings is 1. The number of hydrogen-bond donors (Lipinski definition) is 1. The van der Waals surface area contributed by atoms with Crippen molar-refractivity contribution in [2.24, 2.45) is 0 Å². The number of nitrogens with zero attached hydrogens (tertiary/aromatic N) is 3. The van der Waals surface area contributed by atoms with Crippen molar-refractivity contribution in [1.29, 1.82) is 0 Å². The molecule has 5 heteroatoms. The average Bonchev–Trinajstić information content (AvgIpc) is 3.19. The monoisotopic (exact) mass is 328 g/mol. The summed E-state index contributed by atoms with van der Waals surface area (Å²) in [4.78, 5) is 16.5. The van der Waals surface area contributed by atoms with Crippen molar-refractivity contribution in [3.8, 4) is 39.8 Å². The van der Waals surface area contributed by atoms with E-state index in [1.807, 2.05) is 54.6 Å². The fourth-order valence-corrected chi connectivity index (χ4v) is 2.71. The molecule has 0 fully saturated rings. The molecule has 0 radical (unpaired) electrons. The maximum atomic E-state index is 5.36. The van der Waals surface area contributed by atoms with Crippen LogP contribution in [0.2, 0.25) is 0 Å². The predicted molar refractivity (Wildman–Crippen MR) is 97.0 cm³/mol. The van der Waals surface area contributed by atoms with Gasteiger partial charge in [-0.15, -0.1) is 0 Å². The van der Waals surface area contributed by atoms with Crippen LogP contribution in [-0.4, -0.2) is 27.0 Å². The van der Waals surface area contributed by atoms with Gasteiger partial charge in [-0.25, -0.2) is 9.97 Å². The summed E-state index contributed by atoms with van der Waals surface area (Å²) in [6, 6.07) is 17.8. The first kappa shape index (κ1) is 15.1. The van der Waals surface area contributed by atoms with Crippen LogP contribution in [0.5, 0.6) is 5.88 Å². The minimum absolute atomic E-state index is 0.592. The summed E-state index contributed by atoms with van der Waals surface area (Å²) in [7, 11) is 1.62. The molecule has 122 valence electrons. The zero-order chi connectivity index (χ0) is 17.1. The number of nitrogens with one attached hydrogen (secondary N) is 1. The molecule has 1 N–H and O–H groups in total. The third kappa shape index (κ3) is 2.99. The van der Waals surface area contributed by atoms with Gasteiger partial charge in [-0.05, 0) is 29.8 Å². The summed E-state index contributed by atoms with van der Waals surface area (Å²) < 4.78 is 5.36. The van der Waals surface area contributed by atoms with Gasteiger partial charge in [0.25, 0.3) is 0 Å². The normalized spacial score (nSPS) is 10.6. The second kappa shape index (κ2) is 6.57. The third-order valence-corrected chi connectivity index (χ3v) is 3.93. The van der Waals surface area contributed by atoms with E-state index >= 15 is 0 Å². The fraction of sp³-hybridized carbons (Fsp3) is 0.0500. The SMILES string of the molecule is COc1ncccc1-c1ccnc(-c2cnc(-c3ccccc3)[nH]2)c1. The van der Waals surface area contributed by atoms with E-state index in [9.17, 15) is 0 Å². The van der Waals surface area contributed by atoms with Crippen molar-refractivity contribution in [2.45, 2.75) is 0 Å². The number of methoxy groups -OCH3 is 1. The van der Waals surface area contributed by atoms with E-state index in [2.05, 4.69) is 19.9 Å². The van der Waals surface area contributed by atoms with Gasteiger partial charge < -0.3 is 9.72 Å². The minimum Gasteiger partial charge on any atom is -0.481 e. The summed E-state index contributed by atoms with van der Waals surface area (Å²) in [5.41, 5.74) is 4.64. The number of pyridine rings is 2. The minimum atomic E-state index is 0.592. The van der Waals surface area contributed by atoms with Crippen molar-refractivity contribution in [2.75, 3.05) is 7.11 Å². The lowest BCUT2D eigenvalue weighted by atomic mass is 10.1. The van der Waals surface area contributed by atoms with Crippen molar-refractivity contribution in [3.05, 3.63) is 73.2 Å². The third-order valence-electron chi connectivity index (χ3n) is 3.93. The van der Waals surface area contributed by atoms with Crippen LogP contribution >= 0.6 is 0 Å². The van der Waals surface area contributed by atoms with Gasteiger partial charge in [0, 0.05) is 23.5 Å². The Hall–Kier alpha value is -3.47. The standard InChI is InChI=1S/C20H16N4O/c1-25-20-16(8-5-10-22-20)15-9-11-21-17(12-15)18-13-23-19(24-18)14-6-3-2-4-7-14/h2-13H,1H3,(H,23,24). The molecular formula is C20H16N4O. The second-order valence-corrected chi connectivity index (χ2v) is 5.50. The maximum Gasteiger partial charge on any atom is 0.221 e. The van der Waals surface area contributed by atoms with Crippen molar-refractivity contribution < 1.29 is 4.74 Å². The molecule has 0 amide bonds. The Balaban J connectivity index is 1.72. The first-order chi connectivity index (χ1) is 12.3. The Bertz CT molecular complexity index is 995. The summed E-state index contributed by atoms with van der Waals surface area (Å²) in [6.45, 7) is 0. The van der Waals surface area contributed by atoms with Gasteiger partial charge >= 0.3 is 0 Å². The Kier molecular flexibility index (Phi) is 3.96. The first-order valence-corrected chi connectivity index (χ1v) is 7.91. The molecule has 0 saturated heterocycles. The molecule has 4 rings (SSSR count). The molecule has 0 bridgehead atoms. The molecule has 0 unspecified atom stereocenters. The number of rotatable bonds is 4. The van der Waals surface area contributed by atoms with Crippen molar-refractivity contribution >= 4 is 0 Å². The molecule has 3 heterocycles. The van der Waals surface area contributed by atoms with E-state index < -0.39 is 0 Å². The molecule has 5 nitrogen and oxygen atoms in total. The molecule has 0 aliphatic heterocycles. The fourth-order valence-electron chi connectivity index (χ4n) is 2.71. The lowest BCUT2D eigenvalue weighted by Crippen LogP contribution is -1.92. The van der Waals surface area contributed by atoms with Gasteiger partial charge in [0.2, 0.25) is 5.88 Å². The molecule has 0 saturated carbocycles. The molecule has 0 spiro atoms. The van der Waals surface area contributed by atoms with Gasteiger partial charge in [-0.3, -0.25) is 4.98 Å². The summed E-state index contributed by atoms with van der Waals surface area (Å²) in [5, 5.41) is 0. The van der Waals surface area contributed by atoms with E-state index in [4.69, 9.17) is 4.74 Å². The van der Waals surface area contributed by atoms with Crippen LogP contribution in [0.1, 0.15) is 0 Å². The van der Waals surface area contributed by atoms with Gasteiger partial charge in [-0.2, -0.15) is 0 Å². The van der Waals surface area contributed by atoms with E-state index in [1.54, 1.807) is 25.7 Å². The lowest BCUT2D eigenvalue weighted by Gasteiger charge is -2.07. The second-order valence-electron chi connectivity index (χ2n) is 5.50. The Morgan fingerprint density at radius 2 is 1.72 bits per heavy atom. The quantitative estimate of drug-likeness (QED) is 0.609. The van der Waals surface area contributed by atoms with Crippen molar-refractivity contribution in [3.63, 3.8) is 0 Å². The number of H-pyrrole nitrogens is 1. The molecule has 0 atom stereocenters. The highest BCUT2D eigenvalue weighted by Gasteiger charge is 2.10. The van der Waals surface area contributed by atoms with Crippen LogP contribution < -0.4 is 4.74 Å². The summed E-state index contributed by atoms with van der Waals surface area (Å²) in [6.07, 6.45) is 5.29. The lowest BCUT2D eigenvalue weighted by molar-refractivity contribution is 0.399. The van der Waals surface area contributed by atoms with E-state index in [0.29, 0.717) is 5.88 Å². The highest BCUT2D eigenvalue weighted by molar-refractivity contribution is 5.72. The maximum absolute atomic E-state index is 5.36. The van der Waals surface area contributed by atoms with E-state index in [-0.39, 0.29) is 0 Å². The Morgan fingerprint density at radius 3 is 2.56 bits per heavy atom. The van der Waals surface area contributed by atoms with Crippen LogP contribution in [-0.2, 0) is 0 Å². The van der Waals surface area contributed by atoms with E-state index in [1.165, 1.54) is 0 Å². The number of hydrogen-bond acceptors (Lipinski definition) is 4. The molecule has 25 heavy (non-hydrogen) atoms. The zero-order valence-electron chi connectivity index (χ0n) is 13.7. The highest BCUT2D eigenvalue weighted by atomic mass is 16.5. The van der Waals surface area contributed by atoms with Crippen LogP contribution in [0.25, 0.3) is 33.9 Å². The molecule has 3 aromatic heterocycles. The van der Waals surface area contributed by atoms with Gasteiger partial charge in [0.15, 0.2) is 0 Å². The van der Waals surface area contributed by atoms with Gasteiger partial charge in [0.1, 0.15) is 5.82 Å². The largest absolute Gasteiger partial charge is 0.481 e. The smallest absolute Gasteiger partial charge is 0.221 e. The van der Waals surface area contributed by atoms with Crippen LogP contribution in [0.3, 0.4) is 0 Å². The predicted octanol–water partition coefficient (Wildman–Crippen LogP) is 4.21. The van der Waals surface area contributed by atoms with Crippen LogP contribution in [0.15, 0.2) is 73.2 Å². The molecule has 0 aliphatic carbocycles. The summed E-state index contributed by atoms with van der Waals surface area (Å²) >= 11 is 0. The van der Waals surface area contributed by atoms with Gasteiger partial charge in [-0.1, -0.05) is 30.3 Å². The summed E-state index contributed by atoms with van der Waals surface area (Å²) in [5.74, 6) is 1.41. The van der Waals surface area contributed by atoms with Crippen LogP contribution in [0, 0.1) is 0 Å². The molecular weight excluding hydrogens is 312 g/mol. The Morgan fingerprint density at radius 1 is 0.840 bits per heavy atom. The zero-order valence-corrected chi connectivity index (χ0v) is 13.7. The Labute approximate surface area is 145 Å². The number of aromatic nitrogens is 4. The molecule has 1 aromatic carbocycles. The molecule has 4 aromatic rings. The number of aromatic amines is 1. The molecule has 0 aliphatic rings. The topological polar surface area (TPSA) is 63.7 Å².